The number of para-hydroxylation sites is 1. The highest BCUT2D eigenvalue weighted by molar-refractivity contribution is 5.85. The van der Waals surface area contributed by atoms with Gasteiger partial charge in [0.1, 0.15) is 5.82 Å². The molecule has 0 bridgehead atoms. The number of hydrogen-bond acceptors (Lipinski definition) is 2. The van der Waals surface area contributed by atoms with Gasteiger partial charge in [0, 0.05) is 36.8 Å². The van der Waals surface area contributed by atoms with Gasteiger partial charge in [0.05, 0.1) is 17.7 Å². The summed E-state index contributed by atoms with van der Waals surface area (Å²) in [4.78, 5) is 2.62. The maximum Gasteiger partial charge on any atom is 0.123 e. The van der Waals surface area contributed by atoms with Gasteiger partial charge in [-0.1, -0.05) is 42.5 Å². The van der Waals surface area contributed by atoms with Gasteiger partial charge in [0.2, 0.25) is 0 Å². The summed E-state index contributed by atoms with van der Waals surface area (Å²) in [5.41, 5.74) is 6.45. The molecule has 0 saturated carbocycles. The molecule has 0 radical (unpaired) electrons. The fourth-order valence-electron chi connectivity index (χ4n) is 5.92. The third kappa shape index (κ3) is 4.65. The highest BCUT2D eigenvalue weighted by Gasteiger charge is 2.38. The summed E-state index contributed by atoms with van der Waals surface area (Å²) < 4.78 is 22.0. The van der Waals surface area contributed by atoms with Crippen molar-refractivity contribution >= 4 is 10.9 Å². The monoisotopic (exact) mass is 468 g/mol. The van der Waals surface area contributed by atoms with E-state index in [-0.39, 0.29) is 11.4 Å². The Balaban J connectivity index is 1.04. The van der Waals surface area contributed by atoms with E-state index in [0.29, 0.717) is 0 Å². The Hall–Kier alpha value is -2.95. The van der Waals surface area contributed by atoms with Crippen molar-refractivity contribution in [2.75, 3.05) is 19.6 Å². The van der Waals surface area contributed by atoms with Crippen LogP contribution in [0.2, 0.25) is 0 Å². The minimum Gasteiger partial charge on any atom is -0.370 e. The number of ether oxygens (including phenoxy) is 1. The fourth-order valence-corrected chi connectivity index (χ4v) is 5.92. The number of hydrogen-bond donors (Lipinski definition) is 0. The average Bonchev–Trinajstić information content (AvgIpc) is 3.27. The van der Waals surface area contributed by atoms with Crippen LogP contribution in [-0.2, 0) is 24.2 Å². The number of likely N-dealkylation sites (tertiary alicyclic amines) is 1. The Morgan fingerprint density at radius 3 is 2.40 bits per heavy atom. The number of halogens is 1. The van der Waals surface area contributed by atoms with E-state index in [1.54, 1.807) is 0 Å². The van der Waals surface area contributed by atoms with Crippen LogP contribution in [0.25, 0.3) is 16.6 Å². The molecule has 1 spiro atoms. The number of unbranched alkanes of at least 4 members (excludes halogenated alkanes) is 1. The molecule has 6 rings (SSSR count). The zero-order valence-electron chi connectivity index (χ0n) is 20.3. The smallest absolute Gasteiger partial charge is 0.123 e. The number of benzene rings is 3. The molecular formula is C31H33FN2O. The van der Waals surface area contributed by atoms with Gasteiger partial charge in [-0.2, -0.15) is 0 Å². The predicted octanol–water partition coefficient (Wildman–Crippen LogP) is 6.70. The first-order valence-electron chi connectivity index (χ1n) is 13.0. The molecule has 1 aromatic heterocycles. The first-order chi connectivity index (χ1) is 17.2. The number of fused-ring (bicyclic) bond motifs is 2. The van der Waals surface area contributed by atoms with Crippen LogP contribution in [0.15, 0.2) is 79.0 Å². The summed E-state index contributed by atoms with van der Waals surface area (Å²) in [6.07, 6.45) is 9.00. The number of rotatable bonds is 6. The Morgan fingerprint density at radius 1 is 0.829 bits per heavy atom. The number of nitrogens with zero attached hydrogens (tertiary/aromatic N) is 2. The van der Waals surface area contributed by atoms with Crippen LogP contribution >= 0.6 is 0 Å². The second kappa shape index (κ2) is 9.60. The third-order valence-electron chi connectivity index (χ3n) is 8.00. The summed E-state index contributed by atoms with van der Waals surface area (Å²) in [5, 5.41) is 1.30. The van der Waals surface area contributed by atoms with Crippen molar-refractivity contribution in [3.05, 3.63) is 102 Å². The van der Waals surface area contributed by atoms with Crippen molar-refractivity contribution in [2.24, 2.45) is 0 Å². The fraction of sp³-hybridized carbons (Fsp3) is 0.355. The molecule has 0 atom stereocenters. The van der Waals surface area contributed by atoms with Gasteiger partial charge in [-0.15, -0.1) is 0 Å². The SMILES string of the molecule is Fc1ccc(-n2cc(CCCCN3CCC4(CC3)Cc3ccccc3CO4)c3ccccc32)cc1. The predicted molar refractivity (Wildman–Crippen MR) is 140 cm³/mol. The molecule has 2 aliphatic heterocycles. The largest absolute Gasteiger partial charge is 0.370 e. The van der Waals surface area contributed by atoms with Crippen LogP contribution in [-0.4, -0.2) is 34.7 Å². The molecule has 1 saturated heterocycles. The molecular weight excluding hydrogens is 435 g/mol. The van der Waals surface area contributed by atoms with Crippen molar-refractivity contribution in [2.45, 2.75) is 50.7 Å². The zero-order chi connectivity index (χ0) is 23.7. The van der Waals surface area contributed by atoms with Gasteiger partial charge in [0.15, 0.2) is 0 Å². The molecule has 3 heterocycles. The van der Waals surface area contributed by atoms with Gasteiger partial charge in [-0.05, 0) is 85.7 Å². The van der Waals surface area contributed by atoms with Crippen molar-refractivity contribution in [1.82, 2.24) is 9.47 Å². The molecule has 3 aromatic carbocycles. The topological polar surface area (TPSA) is 17.4 Å². The lowest BCUT2D eigenvalue weighted by atomic mass is 9.82. The minimum atomic E-state index is -0.200. The van der Waals surface area contributed by atoms with Gasteiger partial charge < -0.3 is 14.2 Å². The number of aromatic nitrogens is 1. The Kier molecular flexibility index (Phi) is 6.17. The summed E-state index contributed by atoms with van der Waals surface area (Å²) in [5.74, 6) is -0.200. The lowest BCUT2D eigenvalue weighted by molar-refractivity contribution is -0.102. The first kappa shape index (κ1) is 22.5. The summed E-state index contributed by atoms with van der Waals surface area (Å²) in [6.45, 7) is 4.18. The standard InChI is InChI=1S/C31H33FN2O/c32-27-12-14-28(15-13-27)34-22-25(29-10-3-4-11-30(29)34)8-5-6-18-33-19-16-31(17-20-33)21-24-7-1-2-9-26(24)23-35-31/h1-4,7,9-15,22H,5-6,8,16-21,23H2. The average molecular weight is 469 g/mol. The molecule has 2 aliphatic rings. The van der Waals surface area contributed by atoms with E-state index in [2.05, 4.69) is 64.2 Å². The second-order valence-electron chi connectivity index (χ2n) is 10.2. The highest BCUT2D eigenvalue weighted by Crippen LogP contribution is 2.36. The number of aryl methyl sites for hydroxylation is 1. The Labute approximate surface area is 207 Å². The molecule has 4 heteroatoms. The van der Waals surface area contributed by atoms with Gasteiger partial charge >= 0.3 is 0 Å². The van der Waals surface area contributed by atoms with Crippen molar-refractivity contribution in [1.29, 1.82) is 0 Å². The maximum atomic E-state index is 13.4. The molecule has 0 N–H and O–H groups in total. The molecule has 3 nitrogen and oxygen atoms in total. The van der Waals surface area contributed by atoms with E-state index in [0.717, 1.165) is 57.6 Å². The van der Waals surface area contributed by atoms with Crippen LogP contribution in [0.3, 0.4) is 0 Å². The molecule has 1 fully saturated rings. The number of piperidine rings is 1. The Bertz CT molecular complexity index is 1300. The highest BCUT2D eigenvalue weighted by atomic mass is 19.1. The molecule has 0 aliphatic carbocycles. The van der Waals surface area contributed by atoms with E-state index in [1.807, 2.05) is 12.1 Å². The Morgan fingerprint density at radius 2 is 1.57 bits per heavy atom. The van der Waals surface area contributed by atoms with Crippen LogP contribution in [0.4, 0.5) is 4.39 Å². The minimum absolute atomic E-state index is 0.0486. The summed E-state index contributed by atoms with van der Waals surface area (Å²) >= 11 is 0. The third-order valence-corrected chi connectivity index (χ3v) is 8.00. The van der Waals surface area contributed by atoms with Crippen LogP contribution < -0.4 is 0 Å². The van der Waals surface area contributed by atoms with E-state index < -0.39 is 0 Å². The normalized spacial score (nSPS) is 17.6. The van der Waals surface area contributed by atoms with Gasteiger partial charge in [-0.3, -0.25) is 0 Å². The van der Waals surface area contributed by atoms with Crippen molar-refractivity contribution < 1.29 is 9.13 Å². The van der Waals surface area contributed by atoms with Crippen LogP contribution in [0.1, 0.15) is 42.4 Å². The van der Waals surface area contributed by atoms with Crippen molar-refractivity contribution in [3.63, 3.8) is 0 Å². The quantitative estimate of drug-likeness (QED) is 0.293. The van der Waals surface area contributed by atoms with Crippen LogP contribution in [0.5, 0.6) is 0 Å². The van der Waals surface area contributed by atoms with E-state index >= 15 is 0 Å². The van der Waals surface area contributed by atoms with Crippen molar-refractivity contribution in [3.8, 4) is 5.69 Å². The molecule has 35 heavy (non-hydrogen) atoms. The second-order valence-corrected chi connectivity index (χ2v) is 10.2. The molecule has 0 amide bonds. The van der Waals surface area contributed by atoms with E-state index in [4.69, 9.17) is 4.74 Å². The lowest BCUT2D eigenvalue weighted by Crippen LogP contribution is -2.49. The molecule has 4 aromatic rings. The lowest BCUT2D eigenvalue weighted by Gasteiger charge is -2.44. The molecule has 180 valence electrons. The van der Waals surface area contributed by atoms with E-state index in [1.165, 1.54) is 52.6 Å². The van der Waals surface area contributed by atoms with E-state index in [9.17, 15) is 4.39 Å². The maximum absolute atomic E-state index is 13.4. The zero-order valence-corrected chi connectivity index (χ0v) is 20.3. The summed E-state index contributed by atoms with van der Waals surface area (Å²) in [7, 11) is 0. The van der Waals surface area contributed by atoms with Gasteiger partial charge in [-0.25, -0.2) is 4.39 Å². The molecule has 0 unspecified atom stereocenters. The first-order valence-corrected chi connectivity index (χ1v) is 13.0. The van der Waals surface area contributed by atoms with Gasteiger partial charge in [0.25, 0.3) is 0 Å². The van der Waals surface area contributed by atoms with Crippen LogP contribution in [0, 0.1) is 5.82 Å². The summed E-state index contributed by atoms with van der Waals surface area (Å²) in [6, 6.07) is 24.1.